The molecule has 4 heteroatoms. The van der Waals surface area contributed by atoms with Crippen LogP contribution in [0.5, 0.6) is 0 Å². The smallest absolute Gasteiger partial charge is 0.131 e. The van der Waals surface area contributed by atoms with Crippen LogP contribution < -0.4 is 5.32 Å². The van der Waals surface area contributed by atoms with Crippen molar-refractivity contribution >= 4 is 17.3 Å². The third-order valence-electron chi connectivity index (χ3n) is 3.67. The number of nitrogens with one attached hydrogen (secondary N) is 1. The molecule has 0 bridgehead atoms. The van der Waals surface area contributed by atoms with E-state index in [4.69, 9.17) is 11.6 Å². The van der Waals surface area contributed by atoms with Gasteiger partial charge in [0.1, 0.15) is 5.15 Å². The summed E-state index contributed by atoms with van der Waals surface area (Å²) in [5.74, 6) is 0.762. The molecule has 1 heterocycles. The molecule has 1 saturated carbocycles. The second-order valence-corrected chi connectivity index (χ2v) is 5.50. The van der Waals surface area contributed by atoms with E-state index in [1.165, 1.54) is 0 Å². The number of nitrogens with zero attached hydrogens (tertiary/aromatic N) is 1. The Morgan fingerprint density at radius 3 is 2.82 bits per heavy atom. The molecule has 0 aromatic carbocycles. The number of pyridine rings is 1. The minimum Gasteiger partial charge on any atom is -0.394 e. The SMILES string of the molecule is CC1CCC(CO)(Nc2ccnc(Cl)c2)CC1. The van der Waals surface area contributed by atoms with E-state index < -0.39 is 0 Å². The molecule has 1 aromatic heterocycles. The number of aromatic nitrogens is 1. The number of rotatable bonds is 3. The van der Waals surface area contributed by atoms with E-state index in [0.29, 0.717) is 5.15 Å². The van der Waals surface area contributed by atoms with E-state index in [1.807, 2.05) is 6.07 Å². The summed E-state index contributed by atoms with van der Waals surface area (Å²) in [6, 6.07) is 3.69. The van der Waals surface area contributed by atoms with Crippen molar-refractivity contribution in [2.75, 3.05) is 11.9 Å². The highest BCUT2D eigenvalue weighted by Crippen LogP contribution is 2.34. The Kier molecular flexibility index (Phi) is 3.89. The number of anilines is 1. The van der Waals surface area contributed by atoms with Gasteiger partial charge in [0, 0.05) is 11.9 Å². The fourth-order valence-corrected chi connectivity index (χ4v) is 2.60. The summed E-state index contributed by atoms with van der Waals surface area (Å²) in [6.07, 6.45) is 6.01. The Labute approximate surface area is 107 Å². The third-order valence-corrected chi connectivity index (χ3v) is 3.88. The van der Waals surface area contributed by atoms with Crippen molar-refractivity contribution in [2.24, 2.45) is 5.92 Å². The van der Waals surface area contributed by atoms with Crippen LogP contribution in [-0.2, 0) is 0 Å². The van der Waals surface area contributed by atoms with Crippen molar-refractivity contribution in [2.45, 2.75) is 38.1 Å². The van der Waals surface area contributed by atoms with Crippen LogP contribution in [0.1, 0.15) is 32.6 Å². The lowest BCUT2D eigenvalue weighted by atomic mass is 9.77. The van der Waals surface area contributed by atoms with Crippen LogP contribution in [0.25, 0.3) is 0 Å². The average Bonchev–Trinajstić information content (AvgIpc) is 2.33. The molecular formula is C13H19ClN2O. The number of hydrogen-bond acceptors (Lipinski definition) is 3. The van der Waals surface area contributed by atoms with Gasteiger partial charge in [-0.05, 0) is 43.7 Å². The molecule has 2 rings (SSSR count). The molecule has 0 atom stereocenters. The van der Waals surface area contributed by atoms with E-state index in [1.54, 1.807) is 12.3 Å². The summed E-state index contributed by atoms with van der Waals surface area (Å²) in [7, 11) is 0. The highest BCUT2D eigenvalue weighted by molar-refractivity contribution is 6.29. The molecular weight excluding hydrogens is 236 g/mol. The van der Waals surface area contributed by atoms with Crippen LogP contribution in [0.4, 0.5) is 5.69 Å². The third kappa shape index (κ3) is 3.11. The van der Waals surface area contributed by atoms with Crippen molar-refractivity contribution < 1.29 is 5.11 Å². The molecule has 3 nitrogen and oxygen atoms in total. The second-order valence-electron chi connectivity index (χ2n) is 5.11. The monoisotopic (exact) mass is 254 g/mol. The first-order chi connectivity index (χ1) is 8.13. The van der Waals surface area contributed by atoms with Gasteiger partial charge in [-0.2, -0.15) is 0 Å². The Bertz CT molecular complexity index is 375. The molecule has 0 spiro atoms. The Hall–Kier alpha value is -0.800. The highest BCUT2D eigenvalue weighted by atomic mass is 35.5. The van der Waals surface area contributed by atoms with Crippen LogP contribution in [0.2, 0.25) is 5.15 Å². The lowest BCUT2D eigenvalue weighted by molar-refractivity contribution is 0.155. The number of halogens is 1. The maximum Gasteiger partial charge on any atom is 0.131 e. The zero-order valence-corrected chi connectivity index (χ0v) is 10.9. The van der Waals surface area contributed by atoms with Gasteiger partial charge < -0.3 is 10.4 Å². The lowest BCUT2D eigenvalue weighted by Gasteiger charge is -2.39. The summed E-state index contributed by atoms with van der Waals surface area (Å²) < 4.78 is 0. The first-order valence-electron chi connectivity index (χ1n) is 6.14. The molecule has 1 fully saturated rings. The zero-order chi connectivity index (χ0) is 12.3. The minimum absolute atomic E-state index is 0.166. The molecule has 1 aliphatic carbocycles. The minimum atomic E-state index is -0.183. The molecule has 1 aliphatic rings. The van der Waals surface area contributed by atoms with Gasteiger partial charge in [-0.25, -0.2) is 4.98 Å². The quantitative estimate of drug-likeness (QED) is 0.815. The van der Waals surface area contributed by atoms with Gasteiger partial charge >= 0.3 is 0 Å². The molecule has 0 amide bonds. The number of aliphatic hydroxyl groups excluding tert-OH is 1. The molecule has 17 heavy (non-hydrogen) atoms. The molecule has 0 aliphatic heterocycles. The maximum atomic E-state index is 9.65. The van der Waals surface area contributed by atoms with Crippen molar-refractivity contribution in [1.82, 2.24) is 4.98 Å². The van der Waals surface area contributed by atoms with E-state index in [9.17, 15) is 5.11 Å². The predicted octanol–water partition coefficient (Wildman–Crippen LogP) is 3.09. The van der Waals surface area contributed by atoms with Crippen LogP contribution in [0, 0.1) is 5.92 Å². The molecule has 0 unspecified atom stereocenters. The van der Waals surface area contributed by atoms with E-state index in [2.05, 4.69) is 17.2 Å². The van der Waals surface area contributed by atoms with E-state index in [-0.39, 0.29) is 12.1 Å². The van der Waals surface area contributed by atoms with Gasteiger partial charge in [0.05, 0.1) is 12.1 Å². The highest BCUT2D eigenvalue weighted by Gasteiger charge is 2.33. The molecule has 1 aromatic rings. The van der Waals surface area contributed by atoms with Gasteiger partial charge in [0.15, 0.2) is 0 Å². The standard InChI is InChI=1S/C13H19ClN2O/c1-10-2-5-13(9-17,6-3-10)16-11-4-7-15-12(14)8-11/h4,7-8,10,17H,2-3,5-6,9H2,1H3,(H,15,16). The number of aliphatic hydroxyl groups is 1. The number of hydrogen-bond donors (Lipinski definition) is 2. The summed E-state index contributed by atoms with van der Waals surface area (Å²) >= 11 is 5.86. The van der Waals surface area contributed by atoms with Crippen molar-refractivity contribution in [3.8, 4) is 0 Å². The first kappa shape index (κ1) is 12.7. The topological polar surface area (TPSA) is 45.1 Å². The van der Waals surface area contributed by atoms with Crippen LogP contribution in [0.15, 0.2) is 18.3 Å². The second kappa shape index (κ2) is 5.23. The van der Waals surface area contributed by atoms with Crippen molar-refractivity contribution in [3.05, 3.63) is 23.5 Å². The van der Waals surface area contributed by atoms with Crippen molar-refractivity contribution in [1.29, 1.82) is 0 Å². The van der Waals surface area contributed by atoms with Gasteiger partial charge in [-0.1, -0.05) is 18.5 Å². The fourth-order valence-electron chi connectivity index (χ4n) is 2.42. The Morgan fingerprint density at radius 2 is 2.24 bits per heavy atom. The van der Waals surface area contributed by atoms with Crippen LogP contribution in [0.3, 0.4) is 0 Å². The molecule has 2 N–H and O–H groups in total. The van der Waals surface area contributed by atoms with Gasteiger partial charge in [-0.3, -0.25) is 0 Å². The summed E-state index contributed by atoms with van der Waals surface area (Å²) in [5.41, 5.74) is 0.755. The normalized spacial score (nSPS) is 29.0. The van der Waals surface area contributed by atoms with E-state index in [0.717, 1.165) is 37.3 Å². The Morgan fingerprint density at radius 1 is 1.53 bits per heavy atom. The van der Waals surface area contributed by atoms with Gasteiger partial charge in [-0.15, -0.1) is 0 Å². The molecule has 0 saturated heterocycles. The fraction of sp³-hybridized carbons (Fsp3) is 0.615. The average molecular weight is 255 g/mol. The Balaban J connectivity index is 2.09. The van der Waals surface area contributed by atoms with Crippen LogP contribution in [-0.4, -0.2) is 22.2 Å². The summed E-state index contributed by atoms with van der Waals surface area (Å²) in [6.45, 7) is 2.43. The van der Waals surface area contributed by atoms with E-state index >= 15 is 0 Å². The predicted molar refractivity (Wildman–Crippen MR) is 70.3 cm³/mol. The summed E-state index contributed by atoms with van der Waals surface area (Å²) in [4.78, 5) is 3.96. The lowest BCUT2D eigenvalue weighted by Crippen LogP contribution is -2.45. The first-order valence-corrected chi connectivity index (χ1v) is 6.52. The van der Waals surface area contributed by atoms with Gasteiger partial charge in [0.25, 0.3) is 0 Å². The van der Waals surface area contributed by atoms with Gasteiger partial charge in [0.2, 0.25) is 0 Å². The van der Waals surface area contributed by atoms with Crippen LogP contribution >= 0.6 is 11.6 Å². The maximum absolute atomic E-state index is 9.65. The molecule has 94 valence electrons. The van der Waals surface area contributed by atoms with Crippen molar-refractivity contribution in [3.63, 3.8) is 0 Å². The largest absolute Gasteiger partial charge is 0.394 e. The zero-order valence-electron chi connectivity index (χ0n) is 10.1. The summed E-state index contributed by atoms with van der Waals surface area (Å²) in [5, 5.41) is 13.6. The molecule has 0 radical (unpaired) electrons.